The molecule has 1 aromatic heterocycles. The fourth-order valence-electron chi connectivity index (χ4n) is 1.27. The van der Waals surface area contributed by atoms with Gasteiger partial charge in [-0.1, -0.05) is 11.6 Å². The number of rotatable bonds is 3. The predicted molar refractivity (Wildman–Crippen MR) is 68.2 cm³/mol. The molecule has 92 valence electrons. The molecule has 0 radical (unpaired) electrons. The van der Waals surface area contributed by atoms with Gasteiger partial charge in [-0.25, -0.2) is 4.98 Å². The van der Waals surface area contributed by atoms with Crippen molar-refractivity contribution in [3.8, 4) is 0 Å². The second kappa shape index (κ2) is 5.11. The van der Waals surface area contributed by atoms with Gasteiger partial charge in [-0.15, -0.1) is 11.3 Å². The number of amides is 1. The Bertz CT molecular complexity index is 600. The van der Waals surface area contributed by atoms with Crippen LogP contribution in [0.2, 0.25) is 5.02 Å². The van der Waals surface area contributed by atoms with Crippen LogP contribution in [0.5, 0.6) is 0 Å². The molecule has 0 saturated heterocycles. The number of benzene rings is 1. The number of anilines is 1. The van der Waals surface area contributed by atoms with Crippen LogP contribution >= 0.6 is 22.9 Å². The van der Waals surface area contributed by atoms with Gasteiger partial charge in [-0.2, -0.15) is 0 Å². The fourth-order valence-corrected chi connectivity index (χ4v) is 1.97. The summed E-state index contributed by atoms with van der Waals surface area (Å²) < 4.78 is 0. The van der Waals surface area contributed by atoms with Crippen LogP contribution in [0.1, 0.15) is 10.5 Å². The zero-order valence-electron chi connectivity index (χ0n) is 8.79. The number of aromatic nitrogens is 1. The average Bonchev–Trinajstić information content (AvgIpc) is 2.84. The van der Waals surface area contributed by atoms with E-state index in [1.807, 2.05) is 0 Å². The smallest absolute Gasteiger partial charge is 0.294 e. The average molecular weight is 284 g/mol. The molecule has 6 nitrogen and oxygen atoms in total. The number of nitro benzene ring substituents is 1. The van der Waals surface area contributed by atoms with Gasteiger partial charge in [-0.3, -0.25) is 14.9 Å². The number of hydrogen-bond acceptors (Lipinski definition) is 5. The number of nitrogens with zero attached hydrogens (tertiary/aromatic N) is 2. The van der Waals surface area contributed by atoms with E-state index < -0.39 is 10.8 Å². The number of nitro groups is 1. The molecule has 1 heterocycles. The standard InChI is InChI=1S/C10H6ClN3O3S/c11-6-1-2-7(9(3-6)14(16)17)13-10(15)8-4-18-5-12-8/h1-5H,(H,13,15). The third kappa shape index (κ3) is 2.63. The first-order chi connectivity index (χ1) is 8.58. The highest BCUT2D eigenvalue weighted by molar-refractivity contribution is 7.07. The molecule has 8 heteroatoms. The van der Waals surface area contributed by atoms with Crippen LogP contribution in [0.15, 0.2) is 29.1 Å². The summed E-state index contributed by atoms with van der Waals surface area (Å²) in [7, 11) is 0. The van der Waals surface area contributed by atoms with E-state index in [1.54, 1.807) is 5.38 Å². The Morgan fingerprint density at radius 1 is 1.50 bits per heavy atom. The molecule has 18 heavy (non-hydrogen) atoms. The van der Waals surface area contributed by atoms with Crippen molar-refractivity contribution < 1.29 is 9.72 Å². The third-order valence-electron chi connectivity index (χ3n) is 2.07. The molecule has 0 aliphatic rings. The Morgan fingerprint density at radius 3 is 2.89 bits per heavy atom. The zero-order chi connectivity index (χ0) is 13.1. The molecular weight excluding hydrogens is 278 g/mol. The molecule has 0 saturated carbocycles. The largest absolute Gasteiger partial charge is 0.315 e. The Hall–Kier alpha value is -1.99. The van der Waals surface area contributed by atoms with Crippen LogP contribution in [-0.2, 0) is 0 Å². The summed E-state index contributed by atoms with van der Waals surface area (Å²) in [6, 6.07) is 4.02. The Morgan fingerprint density at radius 2 is 2.28 bits per heavy atom. The normalized spacial score (nSPS) is 10.1. The lowest BCUT2D eigenvalue weighted by molar-refractivity contribution is -0.383. The van der Waals surface area contributed by atoms with E-state index in [0.717, 1.165) is 0 Å². The van der Waals surface area contributed by atoms with Gasteiger partial charge in [0.15, 0.2) is 0 Å². The first kappa shape index (κ1) is 12.5. The van der Waals surface area contributed by atoms with Gasteiger partial charge in [0, 0.05) is 16.5 Å². The van der Waals surface area contributed by atoms with Gasteiger partial charge in [-0.05, 0) is 12.1 Å². The molecule has 0 atom stereocenters. The minimum absolute atomic E-state index is 0.0856. The quantitative estimate of drug-likeness (QED) is 0.693. The van der Waals surface area contributed by atoms with Crippen molar-refractivity contribution in [2.24, 2.45) is 0 Å². The molecular formula is C10H6ClN3O3S. The molecule has 0 unspecified atom stereocenters. The third-order valence-corrected chi connectivity index (χ3v) is 2.89. The summed E-state index contributed by atoms with van der Waals surface area (Å²) in [4.78, 5) is 25.7. The lowest BCUT2D eigenvalue weighted by Gasteiger charge is -2.04. The second-order valence-electron chi connectivity index (χ2n) is 3.25. The van der Waals surface area contributed by atoms with E-state index in [0.29, 0.717) is 0 Å². The van der Waals surface area contributed by atoms with Crippen LogP contribution in [0.3, 0.4) is 0 Å². The highest BCUT2D eigenvalue weighted by atomic mass is 35.5. The van der Waals surface area contributed by atoms with E-state index in [1.165, 1.54) is 35.0 Å². The molecule has 0 aliphatic heterocycles. The Kier molecular flexibility index (Phi) is 3.54. The van der Waals surface area contributed by atoms with Gasteiger partial charge in [0.1, 0.15) is 11.4 Å². The maximum Gasteiger partial charge on any atom is 0.294 e. The summed E-state index contributed by atoms with van der Waals surface area (Å²) in [5, 5.41) is 15.0. The monoisotopic (exact) mass is 283 g/mol. The van der Waals surface area contributed by atoms with E-state index >= 15 is 0 Å². The van der Waals surface area contributed by atoms with Gasteiger partial charge in [0.2, 0.25) is 0 Å². The van der Waals surface area contributed by atoms with Crippen molar-refractivity contribution >= 4 is 40.2 Å². The molecule has 0 spiro atoms. The SMILES string of the molecule is O=C(Nc1ccc(Cl)cc1[N+](=O)[O-])c1cscn1. The van der Waals surface area contributed by atoms with Gasteiger partial charge in [0.05, 0.1) is 10.4 Å². The van der Waals surface area contributed by atoms with Crippen molar-refractivity contribution in [1.82, 2.24) is 4.98 Å². The maximum absolute atomic E-state index is 11.7. The predicted octanol–water partition coefficient (Wildman–Crippen LogP) is 2.96. The molecule has 1 aromatic carbocycles. The molecule has 0 aliphatic carbocycles. The first-order valence-corrected chi connectivity index (χ1v) is 6.03. The highest BCUT2D eigenvalue weighted by Crippen LogP contribution is 2.28. The number of carbonyl (C=O) groups excluding carboxylic acids is 1. The van der Waals surface area contributed by atoms with Crippen molar-refractivity contribution in [2.75, 3.05) is 5.32 Å². The van der Waals surface area contributed by atoms with Gasteiger partial charge in [0.25, 0.3) is 11.6 Å². The van der Waals surface area contributed by atoms with Crippen molar-refractivity contribution in [2.45, 2.75) is 0 Å². The van der Waals surface area contributed by atoms with Crippen molar-refractivity contribution in [3.63, 3.8) is 0 Å². The minimum Gasteiger partial charge on any atom is -0.315 e. The molecule has 1 N–H and O–H groups in total. The Balaban J connectivity index is 2.29. The van der Waals surface area contributed by atoms with Crippen LogP contribution in [0.25, 0.3) is 0 Å². The van der Waals surface area contributed by atoms with E-state index in [-0.39, 0.29) is 22.1 Å². The number of hydrogen-bond donors (Lipinski definition) is 1. The number of nitrogens with one attached hydrogen (secondary N) is 1. The lowest BCUT2D eigenvalue weighted by atomic mass is 10.2. The van der Waals surface area contributed by atoms with E-state index in [4.69, 9.17) is 11.6 Å². The zero-order valence-corrected chi connectivity index (χ0v) is 10.4. The molecule has 2 rings (SSSR count). The summed E-state index contributed by atoms with van der Waals surface area (Å²) >= 11 is 6.93. The van der Waals surface area contributed by atoms with Gasteiger partial charge >= 0.3 is 0 Å². The second-order valence-corrected chi connectivity index (χ2v) is 4.40. The van der Waals surface area contributed by atoms with Crippen LogP contribution in [0, 0.1) is 10.1 Å². The lowest BCUT2D eigenvalue weighted by Crippen LogP contribution is -2.13. The highest BCUT2D eigenvalue weighted by Gasteiger charge is 2.17. The summed E-state index contributed by atoms with van der Waals surface area (Å²) in [6.07, 6.45) is 0. The number of carbonyl (C=O) groups is 1. The van der Waals surface area contributed by atoms with Crippen LogP contribution < -0.4 is 5.32 Å². The van der Waals surface area contributed by atoms with E-state index in [9.17, 15) is 14.9 Å². The van der Waals surface area contributed by atoms with E-state index in [2.05, 4.69) is 10.3 Å². The minimum atomic E-state index is -0.609. The number of halogens is 1. The summed E-state index contributed by atoms with van der Waals surface area (Å²) in [5.74, 6) is -0.498. The first-order valence-electron chi connectivity index (χ1n) is 4.71. The molecule has 0 fully saturated rings. The molecule has 2 aromatic rings. The van der Waals surface area contributed by atoms with Crippen molar-refractivity contribution in [1.29, 1.82) is 0 Å². The number of thiazole rings is 1. The van der Waals surface area contributed by atoms with Crippen LogP contribution in [0.4, 0.5) is 11.4 Å². The molecule has 0 bridgehead atoms. The molecule has 1 amide bonds. The van der Waals surface area contributed by atoms with Crippen molar-refractivity contribution in [3.05, 3.63) is 49.9 Å². The summed E-state index contributed by atoms with van der Waals surface area (Å²) in [5.41, 5.74) is 1.54. The fraction of sp³-hybridized carbons (Fsp3) is 0. The Labute approximate surface area is 110 Å². The van der Waals surface area contributed by atoms with Gasteiger partial charge < -0.3 is 5.32 Å². The topological polar surface area (TPSA) is 85.1 Å². The van der Waals surface area contributed by atoms with Crippen LogP contribution in [-0.4, -0.2) is 15.8 Å². The maximum atomic E-state index is 11.7. The summed E-state index contributed by atoms with van der Waals surface area (Å²) in [6.45, 7) is 0.